The third kappa shape index (κ3) is 4.62. The molecule has 0 unspecified atom stereocenters. The molecule has 0 fully saturated rings. The molecule has 0 spiro atoms. The van der Waals surface area contributed by atoms with Crippen LogP contribution in [0.3, 0.4) is 0 Å². The maximum atomic E-state index is 5.90. The fourth-order valence-electron chi connectivity index (χ4n) is 1.50. The van der Waals surface area contributed by atoms with E-state index in [4.69, 9.17) is 11.6 Å². The van der Waals surface area contributed by atoms with Crippen LogP contribution in [-0.4, -0.2) is 60.6 Å². The fraction of sp³-hybridized carbons (Fsp3) is 0.727. The number of anilines is 2. The average Bonchev–Trinajstić information content (AvgIpc) is 2.33. The third-order valence-corrected chi connectivity index (χ3v) is 2.58. The highest BCUT2D eigenvalue weighted by atomic mass is 35.5. The van der Waals surface area contributed by atoms with E-state index in [0.29, 0.717) is 11.9 Å². The maximum Gasteiger partial charge on any atom is 0.231 e. The summed E-state index contributed by atoms with van der Waals surface area (Å²) in [5.41, 5.74) is 0. The van der Waals surface area contributed by atoms with Gasteiger partial charge in [-0.1, -0.05) is 6.92 Å². The molecule has 7 heteroatoms. The molecule has 0 saturated carbocycles. The summed E-state index contributed by atoms with van der Waals surface area (Å²) in [4.78, 5) is 16.8. The lowest BCUT2D eigenvalue weighted by Crippen LogP contribution is -2.33. The Balaban J connectivity index is 2.86. The Morgan fingerprint density at radius 1 is 1.11 bits per heavy atom. The van der Waals surface area contributed by atoms with E-state index in [1.165, 1.54) is 0 Å². The van der Waals surface area contributed by atoms with Gasteiger partial charge in [-0.2, -0.15) is 15.0 Å². The number of nitrogens with one attached hydrogen (secondary N) is 1. The molecule has 1 heterocycles. The van der Waals surface area contributed by atoms with Gasteiger partial charge in [-0.3, -0.25) is 0 Å². The van der Waals surface area contributed by atoms with Crippen molar-refractivity contribution in [3.05, 3.63) is 5.28 Å². The van der Waals surface area contributed by atoms with E-state index in [1.54, 1.807) is 7.05 Å². The normalized spacial score (nSPS) is 10.8. The highest BCUT2D eigenvalue weighted by Crippen LogP contribution is 2.13. The minimum absolute atomic E-state index is 0.218. The quantitative estimate of drug-likeness (QED) is 0.809. The van der Waals surface area contributed by atoms with E-state index < -0.39 is 0 Å². The number of halogens is 1. The molecular formula is C11H21ClN6. The fourth-order valence-corrected chi connectivity index (χ4v) is 1.65. The van der Waals surface area contributed by atoms with Gasteiger partial charge >= 0.3 is 0 Å². The summed E-state index contributed by atoms with van der Waals surface area (Å²) in [6.07, 6.45) is 1.03. The standard InChI is InChI=1S/C11H21ClN6/c1-5-6-18(8-7-17(3)4)11-15-9(12)14-10(13-2)16-11/h5-8H2,1-4H3,(H,13,14,15,16). The van der Waals surface area contributed by atoms with Crippen LogP contribution in [0.25, 0.3) is 0 Å². The Labute approximate surface area is 113 Å². The van der Waals surface area contributed by atoms with Gasteiger partial charge in [0.1, 0.15) is 0 Å². The van der Waals surface area contributed by atoms with Crippen molar-refractivity contribution in [1.82, 2.24) is 19.9 Å². The summed E-state index contributed by atoms with van der Waals surface area (Å²) >= 11 is 5.90. The van der Waals surface area contributed by atoms with E-state index in [2.05, 4.69) is 37.0 Å². The van der Waals surface area contributed by atoms with Crippen molar-refractivity contribution in [2.45, 2.75) is 13.3 Å². The van der Waals surface area contributed by atoms with Gasteiger partial charge in [0.2, 0.25) is 17.2 Å². The molecule has 0 aliphatic rings. The third-order valence-electron chi connectivity index (χ3n) is 2.41. The van der Waals surface area contributed by atoms with Gasteiger partial charge in [-0.05, 0) is 32.1 Å². The number of rotatable bonds is 7. The Morgan fingerprint density at radius 2 is 1.83 bits per heavy atom. The van der Waals surface area contributed by atoms with Gasteiger partial charge < -0.3 is 15.1 Å². The lowest BCUT2D eigenvalue weighted by molar-refractivity contribution is 0.411. The first-order chi connectivity index (χ1) is 8.56. The molecule has 0 bridgehead atoms. The van der Waals surface area contributed by atoms with E-state index in [-0.39, 0.29) is 5.28 Å². The van der Waals surface area contributed by atoms with E-state index in [9.17, 15) is 0 Å². The van der Waals surface area contributed by atoms with Crippen molar-refractivity contribution in [3.63, 3.8) is 0 Å². The number of nitrogens with zero attached hydrogens (tertiary/aromatic N) is 5. The second kappa shape index (κ2) is 7.33. The van der Waals surface area contributed by atoms with Gasteiger partial charge in [0.05, 0.1) is 0 Å². The van der Waals surface area contributed by atoms with Crippen molar-refractivity contribution in [2.24, 2.45) is 0 Å². The van der Waals surface area contributed by atoms with E-state index >= 15 is 0 Å². The molecule has 18 heavy (non-hydrogen) atoms. The Morgan fingerprint density at radius 3 is 2.39 bits per heavy atom. The van der Waals surface area contributed by atoms with Crippen LogP contribution in [0.1, 0.15) is 13.3 Å². The van der Waals surface area contributed by atoms with Crippen LogP contribution in [0.4, 0.5) is 11.9 Å². The minimum atomic E-state index is 0.218. The summed E-state index contributed by atoms with van der Waals surface area (Å²) in [6, 6.07) is 0. The number of hydrogen-bond donors (Lipinski definition) is 1. The van der Waals surface area contributed by atoms with Gasteiger partial charge in [-0.15, -0.1) is 0 Å². The molecule has 1 rings (SSSR count). The largest absolute Gasteiger partial charge is 0.357 e. The predicted molar refractivity (Wildman–Crippen MR) is 75.4 cm³/mol. The van der Waals surface area contributed by atoms with Crippen LogP contribution >= 0.6 is 11.6 Å². The van der Waals surface area contributed by atoms with Crippen molar-refractivity contribution in [2.75, 3.05) is 51.0 Å². The topological polar surface area (TPSA) is 57.2 Å². The number of likely N-dealkylation sites (N-methyl/N-ethyl adjacent to an activating group) is 1. The summed E-state index contributed by atoms with van der Waals surface area (Å²) in [5, 5.41) is 3.10. The molecule has 1 aromatic heterocycles. The smallest absolute Gasteiger partial charge is 0.231 e. The van der Waals surface area contributed by atoms with E-state index in [0.717, 1.165) is 26.1 Å². The first kappa shape index (κ1) is 14.9. The predicted octanol–water partition coefficient (Wildman–Crippen LogP) is 1.34. The lowest BCUT2D eigenvalue weighted by Gasteiger charge is -2.24. The molecule has 0 saturated heterocycles. The Hall–Kier alpha value is -1.14. The molecular weight excluding hydrogens is 252 g/mol. The van der Waals surface area contributed by atoms with Gasteiger partial charge in [0.25, 0.3) is 0 Å². The van der Waals surface area contributed by atoms with Gasteiger partial charge in [0.15, 0.2) is 0 Å². The Kier molecular flexibility index (Phi) is 6.07. The van der Waals surface area contributed by atoms with Crippen molar-refractivity contribution in [1.29, 1.82) is 0 Å². The van der Waals surface area contributed by atoms with Crippen LogP contribution in [0.15, 0.2) is 0 Å². The zero-order chi connectivity index (χ0) is 13.5. The summed E-state index contributed by atoms with van der Waals surface area (Å²) < 4.78 is 0. The maximum absolute atomic E-state index is 5.90. The average molecular weight is 273 g/mol. The van der Waals surface area contributed by atoms with Crippen molar-refractivity contribution < 1.29 is 0 Å². The zero-order valence-corrected chi connectivity index (χ0v) is 12.2. The van der Waals surface area contributed by atoms with Crippen LogP contribution < -0.4 is 10.2 Å². The highest BCUT2D eigenvalue weighted by Gasteiger charge is 2.12. The van der Waals surface area contributed by atoms with Crippen LogP contribution in [0, 0.1) is 0 Å². The number of hydrogen-bond acceptors (Lipinski definition) is 6. The highest BCUT2D eigenvalue weighted by molar-refractivity contribution is 6.28. The first-order valence-electron chi connectivity index (χ1n) is 6.05. The molecule has 0 radical (unpaired) electrons. The Bertz CT molecular complexity index is 371. The van der Waals surface area contributed by atoms with E-state index in [1.807, 2.05) is 14.1 Å². The molecule has 0 aliphatic carbocycles. The minimum Gasteiger partial charge on any atom is -0.357 e. The molecule has 102 valence electrons. The molecule has 0 atom stereocenters. The summed E-state index contributed by atoms with van der Waals surface area (Å²) in [6.45, 7) is 4.84. The lowest BCUT2D eigenvalue weighted by atomic mass is 10.4. The molecule has 0 aliphatic heterocycles. The molecule has 1 N–H and O–H groups in total. The number of aromatic nitrogens is 3. The SMILES string of the molecule is CCCN(CCN(C)C)c1nc(Cl)nc(NC)n1. The summed E-state index contributed by atoms with van der Waals surface area (Å²) in [5.74, 6) is 1.12. The molecule has 0 aromatic carbocycles. The van der Waals surface area contributed by atoms with Gasteiger partial charge in [0, 0.05) is 26.7 Å². The summed E-state index contributed by atoms with van der Waals surface area (Å²) in [7, 11) is 5.85. The van der Waals surface area contributed by atoms with Crippen LogP contribution in [-0.2, 0) is 0 Å². The first-order valence-corrected chi connectivity index (χ1v) is 6.43. The molecule has 1 aromatic rings. The molecule has 6 nitrogen and oxygen atoms in total. The van der Waals surface area contributed by atoms with Crippen LogP contribution in [0.5, 0.6) is 0 Å². The van der Waals surface area contributed by atoms with Crippen molar-refractivity contribution >= 4 is 23.5 Å². The van der Waals surface area contributed by atoms with Crippen molar-refractivity contribution in [3.8, 4) is 0 Å². The second-order valence-electron chi connectivity index (χ2n) is 4.27. The van der Waals surface area contributed by atoms with Gasteiger partial charge in [-0.25, -0.2) is 0 Å². The molecule has 0 amide bonds. The van der Waals surface area contributed by atoms with Crippen LogP contribution in [0.2, 0.25) is 5.28 Å². The zero-order valence-electron chi connectivity index (χ0n) is 11.4. The second-order valence-corrected chi connectivity index (χ2v) is 4.61. The monoisotopic (exact) mass is 272 g/mol.